The highest BCUT2D eigenvalue weighted by atomic mass is 127. The van der Waals surface area contributed by atoms with Gasteiger partial charge in [0.2, 0.25) is 0 Å². The largest absolute Gasteiger partial charge is 0.356 e. The van der Waals surface area contributed by atoms with Crippen LogP contribution in [0.2, 0.25) is 0 Å². The normalized spacial score (nSPS) is 15.8. The van der Waals surface area contributed by atoms with Gasteiger partial charge in [-0.3, -0.25) is 9.89 Å². The molecule has 1 aliphatic heterocycles. The van der Waals surface area contributed by atoms with E-state index in [1.165, 1.54) is 21.0 Å². The number of nitrogens with zero attached hydrogens (tertiary/aromatic N) is 3. The Balaban J connectivity index is 0.00000300. The molecule has 0 spiro atoms. The van der Waals surface area contributed by atoms with Gasteiger partial charge in [-0.05, 0) is 31.7 Å². The second-order valence-electron chi connectivity index (χ2n) is 7.51. The SMILES string of the molecule is CCc1cnc(CCNC(=NC)NC2CCN(Cc3cccc(C)c3)CC2)s1.I. The van der Waals surface area contributed by atoms with Crippen molar-refractivity contribution < 1.29 is 0 Å². The van der Waals surface area contributed by atoms with Crippen molar-refractivity contribution in [3.8, 4) is 0 Å². The maximum absolute atomic E-state index is 4.49. The minimum atomic E-state index is 0. The average Bonchev–Trinajstić information content (AvgIpc) is 3.16. The second-order valence-corrected chi connectivity index (χ2v) is 8.71. The van der Waals surface area contributed by atoms with Gasteiger partial charge in [0, 0.05) is 56.8 Å². The maximum Gasteiger partial charge on any atom is 0.191 e. The summed E-state index contributed by atoms with van der Waals surface area (Å²) in [5, 5.41) is 8.24. The molecule has 5 nitrogen and oxygen atoms in total. The van der Waals surface area contributed by atoms with Crippen LogP contribution < -0.4 is 10.6 Å². The van der Waals surface area contributed by atoms with Crippen LogP contribution >= 0.6 is 35.3 Å². The van der Waals surface area contributed by atoms with Crippen LogP contribution in [-0.2, 0) is 19.4 Å². The molecule has 0 bridgehead atoms. The highest BCUT2D eigenvalue weighted by Gasteiger charge is 2.20. The topological polar surface area (TPSA) is 52.6 Å². The summed E-state index contributed by atoms with van der Waals surface area (Å²) in [5.74, 6) is 0.907. The number of guanidine groups is 1. The molecule has 1 aromatic heterocycles. The van der Waals surface area contributed by atoms with E-state index in [1.54, 1.807) is 0 Å². The van der Waals surface area contributed by atoms with Crippen molar-refractivity contribution in [2.45, 2.75) is 52.1 Å². The van der Waals surface area contributed by atoms with E-state index in [0.29, 0.717) is 6.04 Å². The number of benzene rings is 1. The van der Waals surface area contributed by atoms with E-state index in [0.717, 1.165) is 57.8 Å². The van der Waals surface area contributed by atoms with Crippen LogP contribution in [0, 0.1) is 6.92 Å². The van der Waals surface area contributed by atoms with Gasteiger partial charge in [-0.2, -0.15) is 0 Å². The van der Waals surface area contributed by atoms with E-state index >= 15 is 0 Å². The Labute approximate surface area is 196 Å². The van der Waals surface area contributed by atoms with Gasteiger partial charge in [0.05, 0.1) is 5.01 Å². The van der Waals surface area contributed by atoms with Crippen LogP contribution in [0.15, 0.2) is 35.5 Å². The summed E-state index contributed by atoms with van der Waals surface area (Å²) in [6, 6.07) is 9.34. The summed E-state index contributed by atoms with van der Waals surface area (Å²) < 4.78 is 0. The molecule has 2 aromatic rings. The van der Waals surface area contributed by atoms with Gasteiger partial charge in [-0.25, -0.2) is 4.98 Å². The van der Waals surface area contributed by atoms with Crippen molar-refractivity contribution in [1.29, 1.82) is 0 Å². The van der Waals surface area contributed by atoms with Crippen molar-refractivity contribution in [1.82, 2.24) is 20.5 Å². The van der Waals surface area contributed by atoms with Crippen LogP contribution in [0.25, 0.3) is 0 Å². The van der Waals surface area contributed by atoms with E-state index in [2.05, 4.69) is 63.6 Å². The van der Waals surface area contributed by atoms with Crippen molar-refractivity contribution in [3.63, 3.8) is 0 Å². The third-order valence-corrected chi connectivity index (χ3v) is 6.42. The smallest absolute Gasteiger partial charge is 0.191 e. The summed E-state index contributed by atoms with van der Waals surface area (Å²) in [4.78, 5) is 12.8. The first kappa shape index (κ1) is 24.1. The van der Waals surface area contributed by atoms with Crippen LogP contribution in [0.3, 0.4) is 0 Å². The molecule has 2 heterocycles. The second kappa shape index (κ2) is 12.5. The highest BCUT2D eigenvalue weighted by molar-refractivity contribution is 14.0. The third-order valence-electron chi connectivity index (χ3n) is 5.22. The standard InChI is InChI=1S/C22H33N5S.HI/c1-4-20-15-25-21(28-20)8-11-24-22(23-3)26-19-9-12-27(13-10-19)16-18-7-5-6-17(2)14-18;/h5-7,14-15,19H,4,8-13,16H2,1-3H3,(H2,23,24,26);1H. The van der Waals surface area contributed by atoms with Gasteiger partial charge in [0.1, 0.15) is 0 Å². The summed E-state index contributed by atoms with van der Waals surface area (Å²) in [6.07, 6.45) is 6.31. The lowest BCUT2D eigenvalue weighted by atomic mass is 10.0. The Hall–Kier alpha value is -1.19. The fourth-order valence-corrected chi connectivity index (χ4v) is 4.47. The fourth-order valence-electron chi connectivity index (χ4n) is 3.61. The predicted octanol–water partition coefficient (Wildman–Crippen LogP) is 4.00. The number of aryl methyl sites for hydroxylation is 2. The number of likely N-dealkylation sites (tertiary alicyclic amines) is 1. The zero-order valence-electron chi connectivity index (χ0n) is 17.8. The molecule has 0 amide bonds. The van der Waals surface area contributed by atoms with Gasteiger partial charge >= 0.3 is 0 Å². The highest BCUT2D eigenvalue weighted by Crippen LogP contribution is 2.15. The Morgan fingerprint density at radius 2 is 2.10 bits per heavy atom. The molecular weight excluding hydrogens is 493 g/mol. The van der Waals surface area contributed by atoms with Gasteiger partial charge in [0.15, 0.2) is 5.96 Å². The quantitative estimate of drug-likeness (QED) is 0.325. The molecule has 3 rings (SSSR count). The molecule has 0 radical (unpaired) electrons. The monoisotopic (exact) mass is 527 g/mol. The lowest BCUT2D eigenvalue weighted by Crippen LogP contribution is -2.48. The number of hydrogen-bond acceptors (Lipinski definition) is 4. The number of rotatable bonds is 7. The molecular formula is C22H34IN5S. The summed E-state index contributed by atoms with van der Waals surface area (Å²) in [5.41, 5.74) is 2.75. The molecule has 0 aliphatic carbocycles. The first-order valence-electron chi connectivity index (χ1n) is 10.3. The first-order valence-corrected chi connectivity index (χ1v) is 11.2. The van der Waals surface area contributed by atoms with E-state index in [-0.39, 0.29) is 24.0 Å². The number of halogens is 1. The first-order chi connectivity index (χ1) is 13.7. The summed E-state index contributed by atoms with van der Waals surface area (Å²) in [7, 11) is 1.85. The van der Waals surface area contributed by atoms with Crippen LogP contribution in [0.4, 0.5) is 0 Å². The van der Waals surface area contributed by atoms with Gasteiger partial charge < -0.3 is 10.6 Å². The van der Waals surface area contributed by atoms with Crippen LogP contribution in [0.5, 0.6) is 0 Å². The molecule has 1 aromatic carbocycles. The number of aliphatic imine (C=N–C) groups is 1. The van der Waals surface area contributed by atoms with Crippen molar-refractivity contribution >= 4 is 41.3 Å². The van der Waals surface area contributed by atoms with E-state index in [4.69, 9.17) is 0 Å². The Bertz CT molecular complexity index is 768. The molecule has 160 valence electrons. The molecule has 1 saturated heterocycles. The zero-order chi connectivity index (χ0) is 19.8. The Kier molecular flexibility index (Phi) is 10.4. The fraction of sp³-hybridized carbons (Fsp3) is 0.545. The number of thiazole rings is 1. The minimum Gasteiger partial charge on any atom is -0.356 e. The predicted molar refractivity (Wildman–Crippen MR) is 135 cm³/mol. The molecule has 1 fully saturated rings. The minimum absolute atomic E-state index is 0. The zero-order valence-corrected chi connectivity index (χ0v) is 20.9. The number of hydrogen-bond donors (Lipinski definition) is 2. The van der Waals surface area contributed by atoms with E-state index < -0.39 is 0 Å². The van der Waals surface area contributed by atoms with Crippen molar-refractivity contribution in [2.24, 2.45) is 4.99 Å². The van der Waals surface area contributed by atoms with E-state index in [1.807, 2.05) is 24.6 Å². The average molecular weight is 528 g/mol. The van der Waals surface area contributed by atoms with Crippen LogP contribution in [-0.4, -0.2) is 48.6 Å². The number of aromatic nitrogens is 1. The lowest BCUT2D eigenvalue weighted by Gasteiger charge is -2.33. The van der Waals surface area contributed by atoms with E-state index in [9.17, 15) is 0 Å². The molecule has 0 saturated carbocycles. The van der Waals surface area contributed by atoms with Crippen molar-refractivity contribution in [2.75, 3.05) is 26.7 Å². The van der Waals surface area contributed by atoms with Crippen molar-refractivity contribution in [3.05, 3.63) is 51.5 Å². The molecule has 0 unspecified atom stereocenters. The third kappa shape index (κ3) is 7.86. The molecule has 0 atom stereocenters. The molecule has 2 N–H and O–H groups in total. The maximum atomic E-state index is 4.49. The Morgan fingerprint density at radius 3 is 2.76 bits per heavy atom. The van der Waals surface area contributed by atoms with Gasteiger partial charge in [0.25, 0.3) is 0 Å². The summed E-state index contributed by atoms with van der Waals surface area (Å²) in [6.45, 7) is 8.50. The lowest BCUT2D eigenvalue weighted by molar-refractivity contribution is 0.198. The Morgan fingerprint density at radius 1 is 1.31 bits per heavy atom. The molecule has 1 aliphatic rings. The number of piperidine rings is 1. The summed E-state index contributed by atoms with van der Waals surface area (Å²) >= 11 is 1.81. The number of nitrogens with one attached hydrogen (secondary N) is 2. The van der Waals surface area contributed by atoms with Crippen LogP contribution in [0.1, 0.15) is 40.8 Å². The van der Waals surface area contributed by atoms with Gasteiger partial charge in [-0.1, -0.05) is 36.8 Å². The molecule has 7 heteroatoms. The van der Waals surface area contributed by atoms with Gasteiger partial charge in [-0.15, -0.1) is 35.3 Å². The molecule has 29 heavy (non-hydrogen) atoms.